The third-order valence-electron chi connectivity index (χ3n) is 12.4. The highest BCUT2D eigenvalue weighted by Crippen LogP contribution is 2.46. The number of para-hydroxylation sites is 1. The molecular formula is C60H39NS. The van der Waals surface area contributed by atoms with Crippen molar-refractivity contribution in [3.05, 3.63) is 237 Å². The Morgan fingerprint density at radius 1 is 0.242 bits per heavy atom. The molecule has 1 nitrogen and oxygen atoms in total. The van der Waals surface area contributed by atoms with E-state index in [1.807, 2.05) is 11.3 Å². The third-order valence-corrected chi connectivity index (χ3v) is 13.7. The molecule has 0 saturated carbocycles. The SMILES string of the molecule is c1ccc(-c2cccc(-c3cc(-c4ccc5c(c4)c4ccccc4n5-c4cccc(-c5ccccc5)c4)cc(-c4cccc5c4sc4c(-c6ccccc6)cccc45)c3)c2)cc1. The number of aromatic nitrogens is 1. The Morgan fingerprint density at radius 3 is 1.34 bits per heavy atom. The van der Waals surface area contributed by atoms with Crippen LogP contribution in [0.1, 0.15) is 0 Å². The predicted octanol–water partition coefficient (Wildman–Crippen LogP) is 17.2. The molecule has 0 atom stereocenters. The maximum Gasteiger partial charge on any atom is 0.0541 e. The molecule has 12 rings (SSSR count). The van der Waals surface area contributed by atoms with Crippen LogP contribution >= 0.6 is 11.3 Å². The van der Waals surface area contributed by atoms with Crippen LogP contribution in [0.15, 0.2) is 237 Å². The molecule has 10 aromatic carbocycles. The zero-order valence-electron chi connectivity index (χ0n) is 33.9. The van der Waals surface area contributed by atoms with E-state index in [1.165, 1.54) is 109 Å². The van der Waals surface area contributed by atoms with Gasteiger partial charge in [-0.15, -0.1) is 11.3 Å². The minimum Gasteiger partial charge on any atom is -0.309 e. The van der Waals surface area contributed by atoms with E-state index < -0.39 is 0 Å². The van der Waals surface area contributed by atoms with Gasteiger partial charge in [0, 0.05) is 36.6 Å². The lowest BCUT2D eigenvalue weighted by molar-refractivity contribution is 1.18. The van der Waals surface area contributed by atoms with Gasteiger partial charge >= 0.3 is 0 Å². The smallest absolute Gasteiger partial charge is 0.0541 e. The highest BCUT2D eigenvalue weighted by molar-refractivity contribution is 7.26. The topological polar surface area (TPSA) is 4.93 Å². The van der Waals surface area contributed by atoms with Crippen LogP contribution in [0.4, 0.5) is 0 Å². The van der Waals surface area contributed by atoms with Crippen molar-refractivity contribution < 1.29 is 0 Å². The lowest BCUT2D eigenvalue weighted by Crippen LogP contribution is -1.94. The van der Waals surface area contributed by atoms with Gasteiger partial charge in [0.25, 0.3) is 0 Å². The molecule has 0 spiro atoms. The maximum absolute atomic E-state index is 2.42. The van der Waals surface area contributed by atoms with Gasteiger partial charge in [-0.05, 0) is 121 Å². The van der Waals surface area contributed by atoms with Crippen molar-refractivity contribution in [2.24, 2.45) is 0 Å². The van der Waals surface area contributed by atoms with Gasteiger partial charge in [0.2, 0.25) is 0 Å². The first-order valence-corrected chi connectivity index (χ1v) is 22.1. The Balaban J connectivity index is 1.06. The number of hydrogen-bond donors (Lipinski definition) is 0. The van der Waals surface area contributed by atoms with Gasteiger partial charge in [-0.1, -0.05) is 182 Å². The monoisotopic (exact) mass is 805 g/mol. The fraction of sp³-hybridized carbons (Fsp3) is 0. The van der Waals surface area contributed by atoms with E-state index in [4.69, 9.17) is 0 Å². The largest absolute Gasteiger partial charge is 0.309 e. The van der Waals surface area contributed by atoms with E-state index >= 15 is 0 Å². The molecular weight excluding hydrogens is 767 g/mol. The normalized spacial score (nSPS) is 11.5. The molecule has 2 heterocycles. The van der Waals surface area contributed by atoms with E-state index in [-0.39, 0.29) is 0 Å². The van der Waals surface area contributed by atoms with Gasteiger partial charge in [-0.25, -0.2) is 0 Å². The Kier molecular flexibility index (Phi) is 8.76. The molecule has 0 aliphatic heterocycles. The Bertz CT molecular complexity index is 3610. The second kappa shape index (κ2) is 15.0. The van der Waals surface area contributed by atoms with Crippen LogP contribution in [-0.4, -0.2) is 4.57 Å². The molecule has 0 saturated heterocycles. The number of fused-ring (bicyclic) bond motifs is 6. The van der Waals surface area contributed by atoms with Crippen molar-refractivity contribution in [3.8, 4) is 72.4 Å². The second-order valence-electron chi connectivity index (χ2n) is 16.1. The molecule has 0 amide bonds. The molecule has 0 radical (unpaired) electrons. The van der Waals surface area contributed by atoms with Crippen LogP contribution in [0.5, 0.6) is 0 Å². The number of benzene rings is 10. The van der Waals surface area contributed by atoms with Crippen molar-refractivity contribution in [2.45, 2.75) is 0 Å². The van der Waals surface area contributed by atoms with Gasteiger partial charge < -0.3 is 4.57 Å². The lowest BCUT2D eigenvalue weighted by Gasteiger charge is -2.14. The molecule has 290 valence electrons. The van der Waals surface area contributed by atoms with Crippen LogP contribution in [0.2, 0.25) is 0 Å². The van der Waals surface area contributed by atoms with E-state index in [2.05, 4.69) is 241 Å². The van der Waals surface area contributed by atoms with Crippen LogP contribution in [0, 0.1) is 0 Å². The summed E-state index contributed by atoms with van der Waals surface area (Å²) in [6, 6.07) is 86.7. The molecule has 0 N–H and O–H groups in total. The first-order chi connectivity index (χ1) is 30.7. The Labute approximate surface area is 365 Å². The molecule has 12 aromatic rings. The van der Waals surface area contributed by atoms with Gasteiger partial charge in [0.1, 0.15) is 0 Å². The van der Waals surface area contributed by atoms with E-state index in [0.29, 0.717) is 0 Å². The fourth-order valence-corrected chi connectivity index (χ4v) is 10.8. The van der Waals surface area contributed by atoms with Gasteiger partial charge in [0.15, 0.2) is 0 Å². The summed E-state index contributed by atoms with van der Waals surface area (Å²) < 4.78 is 5.05. The standard InChI is InChI=1S/C60H39NS/c1-4-16-40(17-5-1)43-22-12-23-44(34-43)47-35-48(37-49(36-47)52-28-15-30-55-54-29-14-27-51(59(54)62-60(52)55)42-20-8-3-9-21-42)46-32-33-58-56(39-46)53-26-10-11-31-57(53)61(58)50-25-13-24-45(38-50)41-18-6-2-7-19-41/h1-39H. The molecule has 62 heavy (non-hydrogen) atoms. The number of rotatable bonds is 7. The minimum atomic E-state index is 1.15. The summed E-state index contributed by atoms with van der Waals surface area (Å²) >= 11 is 1.91. The van der Waals surface area contributed by atoms with Crippen molar-refractivity contribution in [3.63, 3.8) is 0 Å². The van der Waals surface area contributed by atoms with E-state index in [0.717, 1.165) is 5.69 Å². The molecule has 2 heteroatoms. The number of hydrogen-bond acceptors (Lipinski definition) is 1. The lowest BCUT2D eigenvalue weighted by atomic mass is 9.91. The number of nitrogens with zero attached hydrogens (tertiary/aromatic N) is 1. The van der Waals surface area contributed by atoms with E-state index in [1.54, 1.807) is 0 Å². The fourth-order valence-electron chi connectivity index (χ4n) is 9.40. The van der Waals surface area contributed by atoms with Crippen LogP contribution in [0.3, 0.4) is 0 Å². The zero-order valence-corrected chi connectivity index (χ0v) is 34.7. The second-order valence-corrected chi connectivity index (χ2v) is 17.1. The summed E-state index contributed by atoms with van der Waals surface area (Å²) in [7, 11) is 0. The molecule has 2 aromatic heterocycles. The van der Waals surface area contributed by atoms with Crippen molar-refractivity contribution in [1.82, 2.24) is 4.57 Å². The molecule has 0 aliphatic rings. The molecule has 0 fully saturated rings. The number of thiophene rings is 1. The summed E-state index contributed by atoms with van der Waals surface area (Å²) in [6.07, 6.45) is 0. The Hall–Kier alpha value is -7.78. The maximum atomic E-state index is 2.42. The third kappa shape index (κ3) is 6.24. The average molecular weight is 806 g/mol. The van der Waals surface area contributed by atoms with Crippen molar-refractivity contribution in [2.75, 3.05) is 0 Å². The van der Waals surface area contributed by atoms with Crippen molar-refractivity contribution in [1.29, 1.82) is 0 Å². The first kappa shape index (κ1) is 36.1. The first-order valence-electron chi connectivity index (χ1n) is 21.2. The quantitative estimate of drug-likeness (QED) is 0.151. The average Bonchev–Trinajstić information content (AvgIpc) is 3.91. The van der Waals surface area contributed by atoms with Crippen LogP contribution in [-0.2, 0) is 0 Å². The summed E-state index contributed by atoms with van der Waals surface area (Å²) in [5.74, 6) is 0. The predicted molar refractivity (Wildman–Crippen MR) is 266 cm³/mol. The zero-order chi connectivity index (χ0) is 41.0. The summed E-state index contributed by atoms with van der Waals surface area (Å²) in [5.41, 5.74) is 18.1. The van der Waals surface area contributed by atoms with Crippen LogP contribution < -0.4 is 0 Å². The van der Waals surface area contributed by atoms with Crippen molar-refractivity contribution >= 4 is 53.3 Å². The highest BCUT2D eigenvalue weighted by Gasteiger charge is 2.18. The minimum absolute atomic E-state index is 1.15. The summed E-state index contributed by atoms with van der Waals surface area (Å²) in [4.78, 5) is 0. The summed E-state index contributed by atoms with van der Waals surface area (Å²) in [5, 5.41) is 5.08. The molecule has 0 aliphatic carbocycles. The van der Waals surface area contributed by atoms with Gasteiger partial charge in [-0.2, -0.15) is 0 Å². The van der Waals surface area contributed by atoms with Crippen LogP contribution in [0.25, 0.3) is 114 Å². The van der Waals surface area contributed by atoms with Gasteiger partial charge in [0.05, 0.1) is 11.0 Å². The highest BCUT2D eigenvalue weighted by atomic mass is 32.1. The Morgan fingerprint density at radius 2 is 0.677 bits per heavy atom. The molecule has 0 unspecified atom stereocenters. The molecule has 0 bridgehead atoms. The van der Waals surface area contributed by atoms with Gasteiger partial charge in [-0.3, -0.25) is 0 Å². The summed E-state index contributed by atoms with van der Waals surface area (Å²) in [6.45, 7) is 0. The van der Waals surface area contributed by atoms with E-state index in [9.17, 15) is 0 Å².